The molecule has 3 nitrogen and oxygen atoms in total. The molecule has 2 aromatic rings. The Labute approximate surface area is 174 Å². The fraction of sp³-hybridized carbons (Fsp3) is 0.538. The summed E-state index contributed by atoms with van der Waals surface area (Å²) in [7, 11) is 0. The average Bonchev–Trinajstić information content (AvgIpc) is 3.06. The molecule has 3 N–H and O–H groups in total. The average molecular weight is 391 g/mol. The molecule has 1 aliphatic heterocycles. The number of nitrogen functional groups attached to an aromatic ring is 1. The third kappa shape index (κ3) is 3.71. The van der Waals surface area contributed by atoms with Gasteiger partial charge in [-0.2, -0.15) is 0 Å². The van der Waals surface area contributed by atoms with E-state index in [4.69, 9.17) is 5.73 Å². The number of rotatable bonds is 5. The van der Waals surface area contributed by atoms with Crippen molar-refractivity contribution < 1.29 is 5.11 Å². The van der Waals surface area contributed by atoms with Crippen LogP contribution in [0, 0.1) is 0 Å². The Kier molecular flexibility index (Phi) is 4.92. The first-order valence-electron chi connectivity index (χ1n) is 11.4. The van der Waals surface area contributed by atoms with Gasteiger partial charge < -0.3 is 15.7 Å². The van der Waals surface area contributed by atoms with Crippen LogP contribution in [0.3, 0.4) is 0 Å². The number of hydrogen-bond donors (Lipinski definition) is 2. The SMILES string of the molecule is Nc1cccc(C23CCCC(C2)N(CCCC2(O)Cc4ccccc4C2)CC3)c1. The van der Waals surface area contributed by atoms with E-state index in [1.807, 2.05) is 6.07 Å². The summed E-state index contributed by atoms with van der Waals surface area (Å²) in [5, 5.41) is 11.1. The molecular formula is C26H34N2O. The molecule has 0 amide bonds. The summed E-state index contributed by atoms with van der Waals surface area (Å²) in [6.07, 6.45) is 10.1. The summed E-state index contributed by atoms with van der Waals surface area (Å²) in [5.74, 6) is 0. The van der Waals surface area contributed by atoms with E-state index in [0.29, 0.717) is 11.5 Å². The monoisotopic (exact) mass is 390 g/mol. The lowest BCUT2D eigenvalue weighted by atomic mass is 9.63. The highest BCUT2D eigenvalue weighted by Crippen LogP contribution is 2.47. The fourth-order valence-corrected chi connectivity index (χ4v) is 6.44. The molecule has 29 heavy (non-hydrogen) atoms. The van der Waals surface area contributed by atoms with Gasteiger partial charge in [0.25, 0.3) is 0 Å². The minimum absolute atomic E-state index is 0.333. The lowest BCUT2D eigenvalue weighted by Gasteiger charge is -2.51. The number of likely N-dealkylation sites (tertiary alicyclic amines) is 1. The van der Waals surface area contributed by atoms with Crippen LogP contribution in [0.15, 0.2) is 48.5 Å². The van der Waals surface area contributed by atoms with Crippen LogP contribution in [0.2, 0.25) is 0 Å². The van der Waals surface area contributed by atoms with Gasteiger partial charge in [0.15, 0.2) is 0 Å². The predicted octanol–water partition coefficient (Wildman–Crippen LogP) is 4.47. The molecule has 0 radical (unpaired) electrons. The largest absolute Gasteiger partial charge is 0.399 e. The Hall–Kier alpha value is -1.84. The van der Waals surface area contributed by atoms with Crippen molar-refractivity contribution in [3.05, 3.63) is 65.2 Å². The first kappa shape index (κ1) is 19.1. The van der Waals surface area contributed by atoms with Gasteiger partial charge in [0.2, 0.25) is 0 Å². The van der Waals surface area contributed by atoms with Crippen LogP contribution in [0.4, 0.5) is 5.69 Å². The van der Waals surface area contributed by atoms with Crippen molar-refractivity contribution in [3.63, 3.8) is 0 Å². The lowest BCUT2D eigenvalue weighted by Crippen LogP contribution is -2.52. The maximum atomic E-state index is 11.1. The molecule has 2 bridgehead atoms. The molecule has 2 aliphatic carbocycles. The minimum Gasteiger partial charge on any atom is -0.399 e. The van der Waals surface area contributed by atoms with Crippen LogP contribution in [0.1, 0.15) is 61.6 Å². The summed E-state index contributed by atoms with van der Waals surface area (Å²) >= 11 is 0. The van der Waals surface area contributed by atoms with Crippen LogP contribution in [-0.4, -0.2) is 34.7 Å². The first-order valence-corrected chi connectivity index (χ1v) is 11.4. The summed E-state index contributed by atoms with van der Waals surface area (Å²) in [4.78, 5) is 2.72. The summed E-state index contributed by atoms with van der Waals surface area (Å²) in [6, 6.07) is 17.9. The molecule has 2 aromatic carbocycles. The molecule has 0 spiro atoms. The Morgan fingerprint density at radius 2 is 1.83 bits per heavy atom. The molecule has 1 saturated carbocycles. The van der Waals surface area contributed by atoms with Crippen LogP contribution in [0.5, 0.6) is 0 Å². The molecule has 1 heterocycles. The third-order valence-electron chi connectivity index (χ3n) is 7.96. The zero-order valence-electron chi connectivity index (χ0n) is 17.4. The number of anilines is 1. The van der Waals surface area contributed by atoms with Crippen molar-refractivity contribution in [2.24, 2.45) is 0 Å². The molecule has 2 fully saturated rings. The number of aliphatic hydroxyl groups is 1. The Bertz CT molecular complexity index is 854. The maximum absolute atomic E-state index is 11.1. The molecule has 1 saturated heterocycles. The predicted molar refractivity (Wildman–Crippen MR) is 119 cm³/mol. The third-order valence-corrected chi connectivity index (χ3v) is 7.96. The van der Waals surface area contributed by atoms with Gasteiger partial charge in [-0.05, 0) is 85.9 Å². The van der Waals surface area contributed by atoms with Crippen LogP contribution >= 0.6 is 0 Å². The number of piperidine rings is 1. The lowest BCUT2D eigenvalue weighted by molar-refractivity contribution is 0.0220. The fourth-order valence-electron chi connectivity index (χ4n) is 6.44. The summed E-state index contributed by atoms with van der Waals surface area (Å²) in [5.41, 5.74) is 10.9. The normalized spacial score (nSPS) is 28.2. The minimum atomic E-state index is -0.530. The smallest absolute Gasteiger partial charge is 0.0728 e. The van der Waals surface area contributed by atoms with Gasteiger partial charge in [0, 0.05) is 24.6 Å². The molecule has 3 heteroatoms. The standard InChI is InChI=1S/C26H34N2O/c27-23-9-3-8-22(16-23)25-11-4-10-24(19-25)28(15-13-25)14-5-12-26(29)17-20-6-1-2-7-21(20)18-26/h1-3,6-9,16,24,29H,4-5,10-15,17-19,27H2. The van der Waals surface area contributed by atoms with E-state index in [9.17, 15) is 5.11 Å². The second-order valence-corrected chi connectivity index (χ2v) is 9.89. The van der Waals surface area contributed by atoms with Crippen LogP contribution < -0.4 is 5.73 Å². The molecular weight excluding hydrogens is 356 g/mol. The van der Waals surface area contributed by atoms with Gasteiger partial charge >= 0.3 is 0 Å². The van der Waals surface area contributed by atoms with E-state index in [1.165, 1.54) is 55.3 Å². The van der Waals surface area contributed by atoms with Crippen molar-refractivity contribution in [3.8, 4) is 0 Å². The van der Waals surface area contributed by atoms with Gasteiger partial charge in [0.05, 0.1) is 5.60 Å². The van der Waals surface area contributed by atoms with E-state index < -0.39 is 5.60 Å². The molecule has 0 aromatic heterocycles. The van der Waals surface area contributed by atoms with Gasteiger partial charge in [-0.15, -0.1) is 0 Å². The van der Waals surface area contributed by atoms with E-state index in [-0.39, 0.29) is 0 Å². The quantitative estimate of drug-likeness (QED) is 0.741. The number of nitrogens with zero attached hydrogens (tertiary/aromatic N) is 1. The molecule has 3 aliphatic rings. The van der Waals surface area contributed by atoms with Crippen LogP contribution in [-0.2, 0) is 18.3 Å². The molecule has 2 atom stereocenters. The summed E-state index contributed by atoms with van der Waals surface area (Å²) < 4.78 is 0. The van der Waals surface area contributed by atoms with E-state index in [2.05, 4.69) is 47.4 Å². The highest BCUT2D eigenvalue weighted by atomic mass is 16.3. The highest BCUT2D eigenvalue weighted by molar-refractivity contribution is 5.44. The Morgan fingerprint density at radius 3 is 2.59 bits per heavy atom. The zero-order chi connectivity index (χ0) is 19.9. The van der Waals surface area contributed by atoms with Crippen molar-refractivity contribution in [1.82, 2.24) is 4.90 Å². The molecule has 154 valence electrons. The number of benzene rings is 2. The molecule has 2 unspecified atom stereocenters. The Balaban J connectivity index is 1.19. The Morgan fingerprint density at radius 1 is 1.03 bits per heavy atom. The second kappa shape index (κ2) is 7.45. The van der Waals surface area contributed by atoms with Crippen molar-refractivity contribution in [1.29, 1.82) is 0 Å². The van der Waals surface area contributed by atoms with Crippen molar-refractivity contribution >= 4 is 5.69 Å². The number of nitrogens with two attached hydrogens (primary N) is 1. The van der Waals surface area contributed by atoms with Crippen molar-refractivity contribution in [2.45, 2.75) is 74.8 Å². The number of hydrogen-bond acceptors (Lipinski definition) is 3. The highest BCUT2D eigenvalue weighted by Gasteiger charge is 2.43. The van der Waals surface area contributed by atoms with Crippen molar-refractivity contribution in [2.75, 3.05) is 18.8 Å². The first-order chi connectivity index (χ1) is 14.1. The van der Waals surface area contributed by atoms with Gasteiger partial charge in [-0.25, -0.2) is 0 Å². The second-order valence-electron chi connectivity index (χ2n) is 9.89. The van der Waals surface area contributed by atoms with Crippen LogP contribution in [0.25, 0.3) is 0 Å². The maximum Gasteiger partial charge on any atom is 0.0728 e. The van der Waals surface area contributed by atoms with E-state index in [1.54, 1.807) is 0 Å². The molecule has 5 rings (SSSR count). The zero-order valence-corrected chi connectivity index (χ0v) is 17.4. The number of fused-ring (bicyclic) bond motifs is 3. The van der Waals surface area contributed by atoms with Gasteiger partial charge in [-0.1, -0.05) is 42.8 Å². The van der Waals surface area contributed by atoms with E-state index in [0.717, 1.165) is 37.9 Å². The van der Waals surface area contributed by atoms with Gasteiger partial charge in [-0.3, -0.25) is 0 Å². The topological polar surface area (TPSA) is 49.5 Å². The summed E-state index contributed by atoms with van der Waals surface area (Å²) in [6.45, 7) is 2.30. The van der Waals surface area contributed by atoms with Gasteiger partial charge in [0.1, 0.15) is 0 Å². The van der Waals surface area contributed by atoms with E-state index >= 15 is 0 Å².